The highest BCUT2D eigenvalue weighted by atomic mass is 16.5. The molecule has 0 heterocycles. The average molecular weight is 297 g/mol. The SMILES string of the molecule is COc1ccc(C(C)CN[C@@H]2c3ccccc3C[C@@H]2O)cc1. The third-order valence-corrected chi connectivity index (χ3v) is 4.53. The van der Waals surface area contributed by atoms with Crippen LogP contribution in [0.15, 0.2) is 48.5 Å². The standard InChI is InChI=1S/C19H23NO2/c1-13(14-7-9-16(22-2)10-8-14)12-20-19-17-6-4-3-5-15(17)11-18(19)21/h3-10,13,18-21H,11-12H2,1-2H3/t13?,18-,19+/m0/s1. The lowest BCUT2D eigenvalue weighted by Gasteiger charge is -2.21. The highest BCUT2D eigenvalue weighted by molar-refractivity contribution is 5.36. The van der Waals surface area contributed by atoms with E-state index >= 15 is 0 Å². The minimum atomic E-state index is -0.333. The molecular weight excluding hydrogens is 274 g/mol. The van der Waals surface area contributed by atoms with E-state index in [9.17, 15) is 5.11 Å². The van der Waals surface area contributed by atoms with Crippen molar-refractivity contribution in [3.05, 3.63) is 65.2 Å². The van der Waals surface area contributed by atoms with Gasteiger partial charge >= 0.3 is 0 Å². The topological polar surface area (TPSA) is 41.5 Å². The molecular formula is C19H23NO2. The van der Waals surface area contributed by atoms with E-state index in [0.29, 0.717) is 5.92 Å². The fourth-order valence-corrected chi connectivity index (χ4v) is 3.17. The van der Waals surface area contributed by atoms with Gasteiger partial charge in [0.05, 0.1) is 19.3 Å². The summed E-state index contributed by atoms with van der Waals surface area (Å²) in [6.07, 6.45) is 0.408. The van der Waals surface area contributed by atoms with Gasteiger partial charge < -0.3 is 15.2 Å². The molecule has 2 N–H and O–H groups in total. The van der Waals surface area contributed by atoms with Gasteiger partial charge in [0.2, 0.25) is 0 Å². The highest BCUT2D eigenvalue weighted by Crippen LogP contribution is 2.31. The van der Waals surface area contributed by atoms with Crippen LogP contribution in [-0.2, 0) is 6.42 Å². The Balaban J connectivity index is 1.64. The van der Waals surface area contributed by atoms with E-state index in [1.54, 1.807) is 7.11 Å². The Morgan fingerprint density at radius 1 is 1.18 bits per heavy atom. The Hall–Kier alpha value is -1.84. The molecule has 0 saturated carbocycles. The number of hydrogen-bond donors (Lipinski definition) is 2. The fraction of sp³-hybridized carbons (Fsp3) is 0.368. The number of methoxy groups -OCH3 is 1. The molecule has 0 bridgehead atoms. The summed E-state index contributed by atoms with van der Waals surface area (Å²) in [5, 5.41) is 13.8. The minimum absolute atomic E-state index is 0.0388. The normalized spacial score (nSPS) is 21.4. The van der Waals surface area contributed by atoms with Crippen LogP contribution in [-0.4, -0.2) is 24.9 Å². The third kappa shape index (κ3) is 3.01. The van der Waals surface area contributed by atoms with Gasteiger partial charge in [0.1, 0.15) is 5.75 Å². The summed E-state index contributed by atoms with van der Waals surface area (Å²) in [5.41, 5.74) is 3.76. The van der Waals surface area contributed by atoms with E-state index in [-0.39, 0.29) is 12.1 Å². The van der Waals surface area contributed by atoms with Crippen molar-refractivity contribution in [3.8, 4) is 5.75 Å². The second-order valence-electron chi connectivity index (χ2n) is 6.03. The first-order chi connectivity index (χ1) is 10.7. The zero-order chi connectivity index (χ0) is 15.5. The molecule has 3 nitrogen and oxygen atoms in total. The van der Waals surface area contributed by atoms with Crippen molar-refractivity contribution in [1.29, 1.82) is 0 Å². The first kappa shape index (κ1) is 15.1. The molecule has 0 aliphatic heterocycles. The summed E-state index contributed by atoms with van der Waals surface area (Å²) >= 11 is 0. The zero-order valence-electron chi connectivity index (χ0n) is 13.1. The van der Waals surface area contributed by atoms with Crippen molar-refractivity contribution in [2.45, 2.75) is 31.4 Å². The molecule has 22 heavy (non-hydrogen) atoms. The molecule has 2 aromatic rings. The molecule has 0 spiro atoms. The maximum atomic E-state index is 10.3. The number of aliphatic hydroxyl groups excluding tert-OH is 1. The predicted octanol–water partition coefficient (Wildman–Crippen LogP) is 3.05. The molecule has 116 valence electrons. The second-order valence-corrected chi connectivity index (χ2v) is 6.03. The summed E-state index contributed by atoms with van der Waals surface area (Å²) in [7, 11) is 1.68. The summed E-state index contributed by atoms with van der Waals surface area (Å²) in [4.78, 5) is 0. The molecule has 3 atom stereocenters. The largest absolute Gasteiger partial charge is 0.497 e. The lowest BCUT2D eigenvalue weighted by atomic mass is 10.00. The summed E-state index contributed by atoms with van der Waals surface area (Å²) in [6.45, 7) is 3.03. The van der Waals surface area contributed by atoms with Gasteiger partial charge in [-0.05, 0) is 34.7 Å². The van der Waals surface area contributed by atoms with E-state index in [4.69, 9.17) is 4.74 Å². The number of fused-ring (bicyclic) bond motifs is 1. The van der Waals surface area contributed by atoms with Crippen LogP contribution in [0.4, 0.5) is 0 Å². The Morgan fingerprint density at radius 3 is 2.64 bits per heavy atom. The van der Waals surface area contributed by atoms with Gasteiger partial charge in [-0.1, -0.05) is 43.3 Å². The number of hydrogen-bond acceptors (Lipinski definition) is 3. The number of ether oxygens (including phenoxy) is 1. The zero-order valence-corrected chi connectivity index (χ0v) is 13.1. The van der Waals surface area contributed by atoms with Gasteiger partial charge in [0.15, 0.2) is 0 Å². The number of aliphatic hydroxyl groups is 1. The molecule has 0 fully saturated rings. The van der Waals surface area contributed by atoms with Gasteiger partial charge in [-0.3, -0.25) is 0 Å². The molecule has 0 amide bonds. The van der Waals surface area contributed by atoms with E-state index in [1.807, 2.05) is 24.3 Å². The van der Waals surface area contributed by atoms with Crippen LogP contribution in [0, 0.1) is 0 Å². The van der Waals surface area contributed by atoms with E-state index in [2.05, 4.69) is 36.5 Å². The van der Waals surface area contributed by atoms with Crippen LogP contribution in [0.25, 0.3) is 0 Å². The van der Waals surface area contributed by atoms with Crippen molar-refractivity contribution < 1.29 is 9.84 Å². The smallest absolute Gasteiger partial charge is 0.118 e. The third-order valence-electron chi connectivity index (χ3n) is 4.53. The van der Waals surface area contributed by atoms with Crippen molar-refractivity contribution in [1.82, 2.24) is 5.32 Å². The van der Waals surface area contributed by atoms with Crippen LogP contribution in [0.2, 0.25) is 0 Å². The van der Waals surface area contributed by atoms with E-state index < -0.39 is 0 Å². The second kappa shape index (κ2) is 6.51. The van der Waals surface area contributed by atoms with Crippen molar-refractivity contribution in [2.75, 3.05) is 13.7 Å². The molecule has 0 saturated heterocycles. The Kier molecular flexibility index (Phi) is 4.46. The van der Waals surface area contributed by atoms with Crippen molar-refractivity contribution in [3.63, 3.8) is 0 Å². The monoisotopic (exact) mass is 297 g/mol. The molecule has 2 aromatic carbocycles. The molecule has 0 radical (unpaired) electrons. The Morgan fingerprint density at radius 2 is 1.91 bits per heavy atom. The van der Waals surface area contributed by atoms with Crippen LogP contribution in [0.1, 0.15) is 35.6 Å². The van der Waals surface area contributed by atoms with Gasteiger partial charge in [-0.15, -0.1) is 0 Å². The maximum Gasteiger partial charge on any atom is 0.118 e. The number of rotatable bonds is 5. The molecule has 1 aliphatic carbocycles. The molecule has 1 aliphatic rings. The van der Waals surface area contributed by atoms with Crippen molar-refractivity contribution in [2.24, 2.45) is 0 Å². The number of benzene rings is 2. The minimum Gasteiger partial charge on any atom is -0.497 e. The van der Waals surface area contributed by atoms with Gasteiger partial charge in [-0.25, -0.2) is 0 Å². The Bertz CT molecular complexity index is 624. The highest BCUT2D eigenvalue weighted by Gasteiger charge is 2.30. The lowest BCUT2D eigenvalue weighted by molar-refractivity contribution is 0.141. The molecule has 3 rings (SSSR count). The average Bonchev–Trinajstić information content (AvgIpc) is 2.88. The molecule has 1 unspecified atom stereocenters. The van der Waals surface area contributed by atoms with Gasteiger partial charge in [0.25, 0.3) is 0 Å². The number of nitrogens with one attached hydrogen (secondary N) is 1. The van der Waals surface area contributed by atoms with Crippen LogP contribution in [0.3, 0.4) is 0 Å². The van der Waals surface area contributed by atoms with Crippen LogP contribution < -0.4 is 10.1 Å². The summed E-state index contributed by atoms with van der Waals surface area (Å²) < 4.78 is 5.19. The van der Waals surface area contributed by atoms with E-state index in [0.717, 1.165) is 18.7 Å². The summed E-state index contributed by atoms with van der Waals surface area (Å²) in [5.74, 6) is 1.26. The first-order valence-corrected chi connectivity index (χ1v) is 7.82. The van der Waals surface area contributed by atoms with Gasteiger partial charge in [-0.2, -0.15) is 0 Å². The van der Waals surface area contributed by atoms with E-state index in [1.165, 1.54) is 16.7 Å². The van der Waals surface area contributed by atoms with Gasteiger partial charge in [0, 0.05) is 13.0 Å². The quantitative estimate of drug-likeness (QED) is 0.891. The fourth-order valence-electron chi connectivity index (χ4n) is 3.17. The Labute approximate surface area is 131 Å². The summed E-state index contributed by atoms with van der Waals surface area (Å²) in [6, 6.07) is 16.5. The van der Waals surface area contributed by atoms with Crippen LogP contribution in [0.5, 0.6) is 5.75 Å². The molecule has 0 aromatic heterocycles. The lowest BCUT2D eigenvalue weighted by Crippen LogP contribution is -2.31. The van der Waals surface area contributed by atoms with Crippen LogP contribution >= 0.6 is 0 Å². The predicted molar refractivity (Wildman–Crippen MR) is 88.3 cm³/mol. The molecule has 3 heteroatoms. The van der Waals surface area contributed by atoms with Crippen molar-refractivity contribution >= 4 is 0 Å². The maximum absolute atomic E-state index is 10.3. The first-order valence-electron chi connectivity index (χ1n) is 7.82.